The lowest BCUT2D eigenvalue weighted by Gasteiger charge is -2.06. The van der Waals surface area contributed by atoms with E-state index in [0.717, 1.165) is 11.4 Å². The van der Waals surface area contributed by atoms with E-state index in [4.69, 9.17) is 34.8 Å². The Kier molecular flexibility index (Phi) is 6.23. The summed E-state index contributed by atoms with van der Waals surface area (Å²) in [6.07, 6.45) is 3.13. The van der Waals surface area contributed by atoms with Gasteiger partial charge < -0.3 is 5.32 Å². The minimum atomic E-state index is -0.494. The van der Waals surface area contributed by atoms with E-state index in [0.29, 0.717) is 11.7 Å². The first-order valence-corrected chi connectivity index (χ1v) is 10.6. The van der Waals surface area contributed by atoms with Crippen molar-refractivity contribution in [3.05, 3.63) is 80.2 Å². The number of hydrogen-bond acceptors (Lipinski definition) is 4. The van der Waals surface area contributed by atoms with Crippen LogP contribution in [0.2, 0.25) is 15.1 Å². The SMILES string of the molecule is Cc1nn(Cn2ccc(C(=O)Nc3nn(Cc4c(F)cccc4Cl)cc3Cl)n2)c(C)c1Cl. The molecule has 0 aliphatic carbocycles. The van der Waals surface area contributed by atoms with Gasteiger partial charge in [0.15, 0.2) is 11.5 Å². The first-order valence-electron chi connectivity index (χ1n) is 9.43. The van der Waals surface area contributed by atoms with Crippen molar-refractivity contribution in [2.45, 2.75) is 27.1 Å². The maximum absolute atomic E-state index is 14.0. The zero-order chi connectivity index (χ0) is 23.0. The number of amides is 1. The van der Waals surface area contributed by atoms with Crippen LogP contribution in [0, 0.1) is 19.7 Å². The summed E-state index contributed by atoms with van der Waals surface area (Å²) < 4.78 is 18.7. The fourth-order valence-corrected chi connectivity index (χ4v) is 3.65. The number of aromatic nitrogens is 6. The maximum Gasteiger partial charge on any atom is 0.277 e. The smallest absolute Gasteiger partial charge is 0.277 e. The summed E-state index contributed by atoms with van der Waals surface area (Å²) in [5.41, 5.74) is 1.96. The number of benzene rings is 1. The second kappa shape index (κ2) is 8.93. The first-order chi connectivity index (χ1) is 15.2. The second-order valence-electron chi connectivity index (χ2n) is 7.04. The van der Waals surface area contributed by atoms with Crippen molar-refractivity contribution in [3.8, 4) is 0 Å². The first kappa shape index (κ1) is 22.3. The van der Waals surface area contributed by atoms with Gasteiger partial charge in [-0.2, -0.15) is 15.3 Å². The van der Waals surface area contributed by atoms with Crippen LogP contribution in [0.3, 0.4) is 0 Å². The monoisotopic (exact) mass is 495 g/mol. The summed E-state index contributed by atoms with van der Waals surface area (Å²) in [5.74, 6) is -0.820. The zero-order valence-corrected chi connectivity index (χ0v) is 19.2. The minimum Gasteiger partial charge on any atom is -0.302 e. The number of aryl methyl sites for hydroxylation is 1. The molecule has 0 atom stereocenters. The molecule has 3 heterocycles. The molecule has 4 aromatic rings. The number of halogens is 4. The van der Waals surface area contributed by atoms with Gasteiger partial charge in [-0.1, -0.05) is 40.9 Å². The molecule has 1 amide bonds. The van der Waals surface area contributed by atoms with Crippen molar-refractivity contribution in [2.24, 2.45) is 0 Å². The Morgan fingerprint density at radius 2 is 1.84 bits per heavy atom. The van der Waals surface area contributed by atoms with Crippen LogP contribution in [0.5, 0.6) is 0 Å². The van der Waals surface area contributed by atoms with Crippen LogP contribution in [0.25, 0.3) is 0 Å². The Hall–Kier alpha value is -2.88. The van der Waals surface area contributed by atoms with Crippen LogP contribution < -0.4 is 5.32 Å². The van der Waals surface area contributed by atoms with Gasteiger partial charge in [-0.15, -0.1) is 0 Å². The van der Waals surface area contributed by atoms with Crippen molar-refractivity contribution in [1.29, 1.82) is 0 Å². The normalized spacial score (nSPS) is 11.2. The van der Waals surface area contributed by atoms with Gasteiger partial charge in [-0.3, -0.25) is 14.2 Å². The van der Waals surface area contributed by atoms with E-state index in [2.05, 4.69) is 20.6 Å². The van der Waals surface area contributed by atoms with Crippen LogP contribution in [0.4, 0.5) is 10.2 Å². The highest BCUT2D eigenvalue weighted by atomic mass is 35.5. The van der Waals surface area contributed by atoms with Crippen molar-refractivity contribution in [3.63, 3.8) is 0 Å². The zero-order valence-electron chi connectivity index (χ0n) is 17.0. The molecule has 4 rings (SSSR count). The Labute approximate surface area is 197 Å². The summed E-state index contributed by atoms with van der Waals surface area (Å²) in [7, 11) is 0. The molecule has 0 spiro atoms. The van der Waals surface area contributed by atoms with Crippen LogP contribution in [-0.4, -0.2) is 35.2 Å². The van der Waals surface area contributed by atoms with Crippen molar-refractivity contribution in [1.82, 2.24) is 29.3 Å². The summed E-state index contributed by atoms with van der Waals surface area (Å²) in [6, 6.07) is 5.98. The molecule has 0 radical (unpaired) electrons. The summed E-state index contributed by atoms with van der Waals surface area (Å²) in [6.45, 7) is 4.02. The van der Waals surface area contributed by atoms with E-state index in [1.807, 2.05) is 13.8 Å². The molecule has 0 fully saturated rings. The van der Waals surface area contributed by atoms with Gasteiger partial charge in [0.1, 0.15) is 17.5 Å². The maximum atomic E-state index is 14.0. The fraction of sp³-hybridized carbons (Fsp3) is 0.200. The summed E-state index contributed by atoms with van der Waals surface area (Å²) in [4.78, 5) is 12.6. The molecule has 1 aromatic carbocycles. The number of rotatable bonds is 6. The number of carbonyl (C=O) groups excluding carboxylic acids is 1. The number of anilines is 1. The van der Waals surface area contributed by atoms with E-state index in [1.165, 1.54) is 23.0 Å². The average molecular weight is 497 g/mol. The third kappa shape index (κ3) is 4.50. The largest absolute Gasteiger partial charge is 0.302 e. The molecule has 8 nitrogen and oxygen atoms in total. The van der Waals surface area contributed by atoms with Gasteiger partial charge in [0.2, 0.25) is 0 Å². The van der Waals surface area contributed by atoms with Crippen molar-refractivity contribution < 1.29 is 9.18 Å². The third-order valence-electron chi connectivity index (χ3n) is 4.78. The molecule has 3 aromatic heterocycles. The van der Waals surface area contributed by atoms with E-state index >= 15 is 0 Å². The lowest BCUT2D eigenvalue weighted by molar-refractivity contribution is 0.102. The molecule has 0 aliphatic heterocycles. The second-order valence-corrected chi connectivity index (χ2v) is 8.24. The highest BCUT2D eigenvalue weighted by Gasteiger charge is 2.17. The van der Waals surface area contributed by atoms with E-state index in [-0.39, 0.29) is 33.7 Å². The topological polar surface area (TPSA) is 82.6 Å². The van der Waals surface area contributed by atoms with Crippen LogP contribution in [0.15, 0.2) is 36.7 Å². The molecule has 12 heteroatoms. The highest BCUT2D eigenvalue weighted by Crippen LogP contribution is 2.24. The lowest BCUT2D eigenvalue weighted by atomic mass is 10.2. The van der Waals surface area contributed by atoms with E-state index in [1.54, 1.807) is 27.7 Å². The van der Waals surface area contributed by atoms with Gasteiger partial charge in [0.05, 0.1) is 23.0 Å². The molecule has 0 unspecified atom stereocenters. The molecule has 166 valence electrons. The Morgan fingerprint density at radius 3 is 2.53 bits per heavy atom. The van der Waals surface area contributed by atoms with Crippen molar-refractivity contribution in [2.75, 3.05) is 5.32 Å². The fourth-order valence-electron chi connectivity index (χ4n) is 3.09. The predicted molar refractivity (Wildman–Crippen MR) is 120 cm³/mol. The van der Waals surface area contributed by atoms with Crippen LogP contribution >= 0.6 is 34.8 Å². The van der Waals surface area contributed by atoms with Crippen LogP contribution in [-0.2, 0) is 13.2 Å². The predicted octanol–water partition coefficient (Wildman–Crippen LogP) is 4.80. The lowest BCUT2D eigenvalue weighted by Crippen LogP contribution is -2.16. The Bertz CT molecular complexity index is 1290. The molecular formula is C20H17Cl3FN7O. The number of nitrogens with zero attached hydrogens (tertiary/aromatic N) is 6. The summed E-state index contributed by atoms with van der Waals surface area (Å²) in [5, 5.41) is 16.5. The quantitative estimate of drug-likeness (QED) is 0.416. The van der Waals surface area contributed by atoms with Gasteiger partial charge in [0, 0.05) is 23.0 Å². The molecule has 0 bridgehead atoms. The molecular weight excluding hydrogens is 480 g/mol. The Morgan fingerprint density at radius 1 is 1.06 bits per heavy atom. The van der Waals surface area contributed by atoms with Gasteiger partial charge in [0.25, 0.3) is 5.91 Å². The van der Waals surface area contributed by atoms with Gasteiger partial charge in [-0.05, 0) is 32.0 Å². The molecule has 0 saturated carbocycles. The standard InChI is InChI=1S/C20H17Cl3FN7O/c1-11-18(23)12(2)31(26-11)10-29-7-6-17(27-29)20(32)25-19-15(22)9-30(28-19)8-13-14(21)4-3-5-16(13)24/h3-7,9H,8,10H2,1-2H3,(H,25,28,32). The molecule has 1 N–H and O–H groups in total. The number of carbonyl (C=O) groups is 1. The number of nitrogens with one attached hydrogen (secondary N) is 1. The van der Waals surface area contributed by atoms with E-state index in [9.17, 15) is 9.18 Å². The molecule has 32 heavy (non-hydrogen) atoms. The minimum absolute atomic E-state index is 0.0565. The summed E-state index contributed by atoms with van der Waals surface area (Å²) >= 11 is 18.4. The van der Waals surface area contributed by atoms with E-state index < -0.39 is 11.7 Å². The third-order valence-corrected chi connectivity index (χ3v) is 5.95. The molecule has 0 saturated heterocycles. The van der Waals surface area contributed by atoms with Crippen molar-refractivity contribution >= 4 is 46.5 Å². The van der Waals surface area contributed by atoms with Gasteiger partial charge >= 0.3 is 0 Å². The highest BCUT2D eigenvalue weighted by molar-refractivity contribution is 6.33. The molecule has 0 aliphatic rings. The number of hydrogen-bond donors (Lipinski definition) is 1. The Balaban J connectivity index is 1.46. The van der Waals surface area contributed by atoms with Gasteiger partial charge in [-0.25, -0.2) is 9.07 Å². The van der Waals surface area contributed by atoms with Crippen LogP contribution in [0.1, 0.15) is 27.4 Å². The average Bonchev–Trinajstić information content (AvgIpc) is 3.41.